The van der Waals surface area contributed by atoms with E-state index in [1.54, 1.807) is 0 Å². The predicted octanol–water partition coefficient (Wildman–Crippen LogP) is 2.05. The van der Waals surface area contributed by atoms with Gasteiger partial charge in [0.1, 0.15) is 0 Å². The van der Waals surface area contributed by atoms with Gasteiger partial charge in [0, 0.05) is 13.1 Å². The molecular formula is C13H21FN4O. The van der Waals surface area contributed by atoms with Crippen LogP contribution in [-0.2, 0) is 4.74 Å². The van der Waals surface area contributed by atoms with Gasteiger partial charge in [0.05, 0.1) is 24.9 Å². The van der Waals surface area contributed by atoms with Gasteiger partial charge in [0.25, 0.3) is 0 Å². The van der Waals surface area contributed by atoms with E-state index in [0.29, 0.717) is 31.5 Å². The predicted molar refractivity (Wildman–Crippen MR) is 73.0 cm³/mol. The highest BCUT2D eigenvalue weighted by molar-refractivity contribution is 5.45. The molecule has 1 aliphatic rings. The fourth-order valence-corrected chi connectivity index (χ4v) is 2.24. The van der Waals surface area contributed by atoms with E-state index >= 15 is 0 Å². The highest BCUT2D eigenvalue weighted by Crippen LogP contribution is 2.24. The molecule has 1 fully saturated rings. The highest BCUT2D eigenvalue weighted by Gasteiger charge is 2.28. The number of anilines is 2. The molecular weight excluding hydrogens is 247 g/mol. The Balaban J connectivity index is 2.29. The summed E-state index contributed by atoms with van der Waals surface area (Å²) in [5.74, 6) is 0.454. The van der Waals surface area contributed by atoms with Crippen LogP contribution in [-0.4, -0.2) is 41.8 Å². The summed E-state index contributed by atoms with van der Waals surface area (Å²) in [6, 6.07) is 0.162. The largest absolute Gasteiger partial charge is 0.375 e. The molecule has 1 aromatic heterocycles. The van der Waals surface area contributed by atoms with Gasteiger partial charge < -0.3 is 15.0 Å². The van der Waals surface area contributed by atoms with Gasteiger partial charge in [0.2, 0.25) is 5.95 Å². The van der Waals surface area contributed by atoms with Crippen LogP contribution in [0.4, 0.5) is 16.2 Å². The van der Waals surface area contributed by atoms with Crippen LogP contribution >= 0.6 is 0 Å². The van der Waals surface area contributed by atoms with E-state index in [9.17, 15) is 4.39 Å². The van der Waals surface area contributed by atoms with Crippen LogP contribution in [0.1, 0.15) is 27.2 Å². The van der Waals surface area contributed by atoms with Crippen LogP contribution in [0.25, 0.3) is 0 Å². The second kappa shape index (κ2) is 6.14. The summed E-state index contributed by atoms with van der Waals surface area (Å²) in [7, 11) is 0. The maximum atomic E-state index is 14.0. The van der Waals surface area contributed by atoms with E-state index in [-0.39, 0.29) is 18.0 Å². The van der Waals surface area contributed by atoms with Crippen LogP contribution in [0.3, 0.4) is 0 Å². The molecule has 2 unspecified atom stereocenters. The standard InChI is InChI=1S/C13H21FN4O/c1-4-10-8-19-9(3)7-18(10)12-11(14)6-16-13(17-12)15-5-2/h6,9-10H,4-5,7-8H2,1-3H3,(H,15,16,17). The summed E-state index contributed by atoms with van der Waals surface area (Å²) in [4.78, 5) is 10.2. The minimum atomic E-state index is -0.380. The Labute approximate surface area is 113 Å². The van der Waals surface area contributed by atoms with Crippen molar-refractivity contribution < 1.29 is 9.13 Å². The van der Waals surface area contributed by atoms with E-state index in [4.69, 9.17) is 4.74 Å². The summed E-state index contributed by atoms with van der Waals surface area (Å²) >= 11 is 0. The molecule has 0 amide bonds. The van der Waals surface area contributed by atoms with E-state index < -0.39 is 0 Å². The molecule has 0 bridgehead atoms. The summed E-state index contributed by atoms with van der Waals surface area (Å²) in [6.07, 6.45) is 2.21. The molecule has 1 aromatic rings. The van der Waals surface area contributed by atoms with Gasteiger partial charge in [-0.2, -0.15) is 4.98 Å². The highest BCUT2D eigenvalue weighted by atomic mass is 19.1. The first kappa shape index (κ1) is 14.0. The smallest absolute Gasteiger partial charge is 0.224 e. The van der Waals surface area contributed by atoms with Gasteiger partial charge in [-0.05, 0) is 20.3 Å². The molecule has 19 heavy (non-hydrogen) atoms. The molecule has 2 rings (SSSR count). The monoisotopic (exact) mass is 268 g/mol. The number of nitrogens with one attached hydrogen (secondary N) is 1. The van der Waals surface area contributed by atoms with Crippen molar-refractivity contribution in [3.05, 3.63) is 12.0 Å². The molecule has 2 heterocycles. The minimum Gasteiger partial charge on any atom is -0.375 e. The Morgan fingerprint density at radius 1 is 1.53 bits per heavy atom. The van der Waals surface area contributed by atoms with Gasteiger partial charge in [-0.25, -0.2) is 9.37 Å². The van der Waals surface area contributed by atoms with Crippen molar-refractivity contribution in [1.82, 2.24) is 9.97 Å². The SMILES string of the molecule is CCNc1ncc(F)c(N2CC(C)OCC2CC)n1. The van der Waals surface area contributed by atoms with Gasteiger partial charge in [-0.1, -0.05) is 6.92 Å². The lowest BCUT2D eigenvalue weighted by Crippen LogP contribution is -2.49. The average molecular weight is 268 g/mol. The summed E-state index contributed by atoms with van der Waals surface area (Å²) in [5.41, 5.74) is 0. The Kier molecular flexibility index (Phi) is 4.52. The third-order valence-electron chi connectivity index (χ3n) is 3.27. The summed E-state index contributed by atoms with van der Waals surface area (Å²) in [6.45, 7) is 7.99. The summed E-state index contributed by atoms with van der Waals surface area (Å²) < 4.78 is 19.6. The quantitative estimate of drug-likeness (QED) is 0.905. The first-order valence-corrected chi connectivity index (χ1v) is 6.80. The van der Waals surface area contributed by atoms with Crippen LogP contribution in [0.15, 0.2) is 6.20 Å². The molecule has 0 spiro atoms. The number of hydrogen-bond donors (Lipinski definition) is 1. The normalized spacial score (nSPS) is 23.5. The first-order valence-electron chi connectivity index (χ1n) is 6.80. The number of halogens is 1. The Bertz CT molecular complexity index is 429. The van der Waals surface area contributed by atoms with Crippen molar-refractivity contribution in [2.24, 2.45) is 0 Å². The number of morpholine rings is 1. The third-order valence-corrected chi connectivity index (χ3v) is 3.27. The molecule has 2 atom stereocenters. The Morgan fingerprint density at radius 3 is 3.00 bits per heavy atom. The van der Waals surface area contributed by atoms with Crippen LogP contribution in [0.5, 0.6) is 0 Å². The summed E-state index contributed by atoms with van der Waals surface area (Å²) in [5, 5.41) is 3.01. The zero-order chi connectivity index (χ0) is 13.8. The minimum absolute atomic E-state index is 0.0831. The average Bonchev–Trinajstić information content (AvgIpc) is 2.41. The first-order chi connectivity index (χ1) is 9.15. The molecule has 0 radical (unpaired) electrons. The second-order valence-corrected chi connectivity index (χ2v) is 4.75. The van der Waals surface area contributed by atoms with Gasteiger partial charge in [-0.15, -0.1) is 0 Å². The van der Waals surface area contributed by atoms with E-state index in [1.807, 2.05) is 18.7 Å². The van der Waals surface area contributed by atoms with Crippen molar-refractivity contribution in [3.8, 4) is 0 Å². The van der Waals surface area contributed by atoms with Crippen molar-refractivity contribution in [2.75, 3.05) is 29.9 Å². The van der Waals surface area contributed by atoms with Crippen molar-refractivity contribution in [1.29, 1.82) is 0 Å². The lowest BCUT2D eigenvalue weighted by atomic mass is 10.1. The second-order valence-electron chi connectivity index (χ2n) is 4.75. The molecule has 0 aliphatic carbocycles. The van der Waals surface area contributed by atoms with Crippen LogP contribution < -0.4 is 10.2 Å². The van der Waals surface area contributed by atoms with Crippen molar-refractivity contribution >= 4 is 11.8 Å². The van der Waals surface area contributed by atoms with Gasteiger partial charge in [0.15, 0.2) is 11.6 Å². The topological polar surface area (TPSA) is 50.3 Å². The maximum absolute atomic E-state index is 14.0. The van der Waals surface area contributed by atoms with E-state index in [0.717, 1.165) is 6.42 Å². The lowest BCUT2D eigenvalue weighted by Gasteiger charge is -2.39. The lowest BCUT2D eigenvalue weighted by molar-refractivity contribution is 0.0293. The van der Waals surface area contributed by atoms with Crippen LogP contribution in [0, 0.1) is 5.82 Å². The number of aromatic nitrogens is 2. The van der Waals surface area contributed by atoms with E-state index in [2.05, 4.69) is 22.2 Å². The van der Waals surface area contributed by atoms with Gasteiger partial charge in [-0.3, -0.25) is 0 Å². The Morgan fingerprint density at radius 2 is 2.32 bits per heavy atom. The zero-order valence-corrected chi connectivity index (χ0v) is 11.7. The molecule has 6 heteroatoms. The number of nitrogens with zero attached hydrogens (tertiary/aromatic N) is 3. The fourth-order valence-electron chi connectivity index (χ4n) is 2.24. The number of rotatable bonds is 4. The maximum Gasteiger partial charge on any atom is 0.224 e. The van der Waals surface area contributed by atoms with E-state index in [1.165, 1.54) is 6.20 Å². The van der Waals surface area contributed by atoms with Crippen molar-refractivity contribution in [3.63, 3.8) is 0 Å². The fraction of sp³-hybridized carbons (Fsp3) is 0.692. The van der Waals surface area contributed by atoms with Gasteiger partial charge >= 0.3 is 0 Å². The number of ether oxygens (including phenoxy) is 1. The molecule has 0 aromatic carbocycles. The molecule has 0 saturated carbocycles. The van der Waals surface area contributed by atoms with Crippen LogP contribution in [0.2, 0.25) is 0 Å². The zero-order valence-electron chi connectivity index (χ0n) is 11.7. The molecule has 5 nitrogen and oxygen atoms in total. The third kappa shape index (κ3) is 3.12. The molecule has 1 N–H and O–H groups in total. The molecule has 1 aliphatic heterocycles. The Hall–Kier alpha value is -1.43. The van der Waals surface area contributed by atoms with Crippen molar-refractivity contribution in [2.45, 2.75) is 39.3 Å². The molecule has 1 saturated heterocycles. The molecule has 106 valence electrons. The number of hydrogen-bond acceptors (Lipinski definition) is 5.